The Morgan fingerprint density at radius 3 is 2.72 bits per heavy atom. The highest BCUT2D eigenvalue weighted by Gasteiger charge is 2.31. The number of likely N-dealkylation sites (tertiary alicyclic amines) is 1. The summed E-state index contributed by atoms with van der Waals surface area (Å²) in [5.74, 6) is 0.136. The van der Waals surface area contributed by atoms with Crippen molar-refractivity contribution in [3.8, 4) is 0 Å². The minimum absolute atomic E-state index is 0.111. The minimum Gasteiger partial charge on any atom is -0.444 e. The lowest BCUT2D eigenvalue weighted by molar-refractivity contribution is -0.121. The van der Waals surface area contributed by atoms with Crippen molar-refractivity contribution in [2.45, 2.75) is 59.5 Å². The van der Waals surface area contributed by atoms with Crippen LogP contribution in [0.15, 0.2) is 0 Å². The molecule has 7 nitrogen and oxygen atoms in total. The van der Waals surface area contributed by atoms with Gasteiger partial charge >= 0.3 is 6.09 Å². The smallest absolute Gasteiger partial charge is 0.410 e. The summed E-state index contributed by atoms with van der Waals surface area (Å²) in [6.45, 7) is 10.7. The van der Waals surface area contributed by atoms with Crippen LogP contribution in [-0.2, 0) is 16.0 Å². The van der Waals surface area contributed by atoms with E-state index in [9.17, 15) is 9.59 Å². The third-order valence-corrected chi connectivity index (χ3v) is 4.58. The summed E-state index contributed by atoms with van der Waals surface area (Å²) in [4.78, 5) is 26.3. The Hall–Kier alpha value is -1.70. The zero-order chi connectivity index (χ0) is 18.6. The van der Waals surface area contributed by atoms with Crippen molar-refractivity contribution < 1.29 is 14.3 Å². The maximum atomic E-state index is 12.5. The molecule has 1 aromatic heterocycles. The normalized spacial score (nSPS) is 18.3. The SMILES string of the molecule is CC(C)Cc1nnc(NC(=O)C2CCCN(C(=O)OC(C)(C)C)C2)s1. The van der Waals surface area contributed by atoms with Gasteiger partial charge in [0.25, 0.3) is 0 Å². The lowest BCUT2D eigenvalue weighted by Gasteiger charge is -2.33. The number of anilines is 1. The van der Waals surface area contributed by atoms with Crippen LogP contribution in [0.3, 0.4) is 0 Å². The van der Waals surface area contributed by atoms with Crippen LogP contribution in [0.5, 0.6) is 0 Å². The van der Waals surface area contributed by atoms with Gasteiger partial charge in [-0.1, -0.05) is 25.2 Å². The molecule has 25 heavy (non-hydrogen) atoms. The molecule has 0 bridgehead atoms. The molecule has 0 saturated carbocycles. The fourth-order valence-corrected chi connectivity index (χ4v) is 3.58. The van der Waals surface area contributed by atoms with Crippen molar-refractivity contribution in [1.29, 1.82) is 0 Å². The van der Waals surface area contributed by atoms with Crippen molar-refractivity contribution in [3.63, 3.8) is 0 Å². The number of hydrogen-bond donors (Lipinski definition) is 1. The number of carbonyl (C=O) groups excluding carboxylic acids is 2. The molecule has 1 fully saturated rings. The van der Waals surface area contributed by atoms with Crippen LogP contribution in [0.25, 0.3) is 0 Å². The molecule has 0 spiro atoms. The molecular formula is C17H28N4O3S. The van der Waals surface area contributed by atoms with Crippen LogP contribution in [-0.4, -0.2) is 45.8 Å². The highest BCUT2D eigenvalue weighted by Crippen LogP contribution is 2.23. The van der Waals surface area contributed by atoms with E-state index in [1.165, 1.54) is 11.3 Å². The molecule has 1 atom stereocenters. The second-order valence-electron chi connectivity index (χ2n) is 7.85. The summed E-state index contributed by atoms with van der Waals surface area (Å²) in [6, 6.07) is 0. The Morgan fingerprint density at radius 1 is 1.36 bits per heavy atom. The number of nitrogens with zero attached hydrogens (tertiary/aromatic N) is 3. The first-order valence-corrected chi connectivity index (χ1v) is 9.57. The Morgan fingerprint density at radius 2 is 2.08 bits per heavy atom. The van der Waals surface area contributed by atoms with Crippen molar-refractivity contribution in [1.82, 2.24) is 15.1 Å². The molecule has 1 aliphatic heterocycles. The van der Waals surface area contributed by atoms with Gasteiger partial charge in [-0.3, -0.25) is 4.79 Å². The third-order valence-electron chi connectivity index (χ3n) is 3.72. The van der Waals surface area contributed by atoms with Crippen LogP contribution in [0.1, 0.15) is 52.5 Å². The van der Waals surface area contributed by atoms with Crippen LogP contribution >= 0.6 is 11.3 Å². The highest BCUT2D eigenvalue weighted by atomic mass is 32.1. The van der Waals surface area contributed by atoms with E-state index in [1.807, 2.05) is 20.8 Å². The number of nitrogens with one attached hydrogen (secondary N) is 1. The summed E-state index contributed by atoms with van der Waals surface area (Å²) >= 11 is 1.41. The van der Waals surface area contributed by atoms with E-state index >= 15 is 0 Å². The summed E-state index contributed by atoms with van der Waals surface area (Å²) in [6.07, 6.45) is 2.03. The van der Waals surface area contributed by atoms with E-state index in [0.717, 1.165) is 24.3 Å². The van der Waals surface area contributed by atoms with E-state index in [1.54, 1.807) is 4.90 Å². The molecule has 2 heterocycles. The van der Waals surface area contributed by atoms with Gasteiger partial charge in [-0.15, -0.1) is 10.2 Å². The molecule has 2 rings (SSSR count). The molecule has 1 saturated heterocycles. The molecule has 2 amide bonds. The number of carbonyl (C=O) groups is 2. The van der Waals surface area contributed by atoms with E-state index in [-0.39, 0.29) is 17.9 Å². The zero-order valence-electron chi connectivity index (χ0n) is 15.7. The molecule has 140 valence electrons. The van der Waals surface area contributed by atoms with Gasteiger partial charge in [0, 0.05) is 19.5 Å². The zero-order valence-corrected chi connectivity index (χ0v) is 16.5. The Kier molecular flexibility index (Phi) is 6.37. The van der Waals surface area contributed by atoms with E-state index in [4.69, 9.17) is 4.74 Å². The first kappa shape index (κ1) is 19.6. The number of piperidine rings is 1. The van der Waals surface area contributed by atoms with E-state index in [2.05, 4.69) is 29.4 Å². The average Bonchev–Trinajstić information content (AvgIpc) is 2.91. The van der Waals surface area contributed by atoms with Gasteiger partial charge in [-0.25, -0.2) is 4.79 Å². The second-order valence-corrected chi connectivity index (χ2v) is 8.92. The molecular weight excluding hydrogens is 340 g/mol. The second kappa shape index (κ2) is 8.12. The predicted octanol–water partition coefficient (Wildman–Crippen LogP) is 3.32. The first-order valence-electron chi connectivity index (χ1n) is 8.75. The maximum Gasteiger partial charge on any atom is 0.410 e. The summed E-state index contributed by atoms with van der Waals surface area (Å²) < 4.78 is 5.40. The number of amides is 2. The standard InChI is InChI=1S/C17H28N4O3S/c1-11(2)9-13-19-20-15(25-13)18-14(22)12-7-6-8-21(10-12)16(23)24-17(3,4)5/h11-12H,6-10H2,1-5H3,(H,18,20,22). The van der Waals surface area contributed by atoms with Crippen molar-refractivity contribution in [2.24, 2.45) is 11.8 Å². The first-order chi connectivity index (χ1) is 11.6. The number of ether oxygens (including phenoxy) is 1. The Labute approximate surface area is 153 Å². The van der Waals surface area contributed by atoms with Crippen molar-refractivity contribution in [2.75, 3.05) is 18.4 Å². The van der Waals surface area contributed by atoms with Crippen LogP contribution < -0.4 is 5.32 Å². The lowest BCUT2D eigenvalue weighted by Crippen LogP contribution is -2.45. The molecule has 0 aromatic carbocycles. The topological polar surface area (TPSA) is 84.4 Å². The number of rotatable bonds is 4. The predicted molar refractivity (Wildman–Crippen MR) is 97.6 cm³/mol. The van der Waals surface area contributed by atoms with Gasteiger partial charge in [0.15, 0.2) is 0 Å². The number of aromatic nitrogens is 2. The van der Waals surface area contributed by atoms with Gasteiger partial charge in [-0.05, 0) is 39.5 Å². The van der Waals surface area contributed by atoms with Crippen LogP contribution in [0.4, 0.5) is 9.93 Å². The fourth-order valence-electron chi connectivity index (χ4n) is 2.63. The number of hydrogen-bond acceptors (Lipinski definition) is 6. The molecule has 0 radical (unpaired) electrons. The molecule has 1 aromatic rings. The van der Waals surface area contributed by atoms with Crippen molar-refractivity contribution >= 4 is 28.5 Å². The monoisotopic (exact) mass is 368 g/mol. The minimum atomic E-state index is -0.536. The van der Waals surface area contributed by atoms with Gasteiger partial charge in [0.1, 0.15) is 10.6 Å². The molecule has 0 aliphatic carbocycles. The molecule has 1 aliphatic rings. The van der Waals surface area contributed by atoms with Crippen molar-refractivity contribution in [3.05, 3.63) is 5.01 Å². The largest absolute Gasteiger partial charge is 0.444 e. The molecule has 8 heteroatoms. The summed E-state index contributed by atoms with van der Waals surface area (Å²) in [5, 5.41) is 12.4. The highest BCUT2D eigenvalue weighted by molar-refractivity contribution is 7.15. The van der Waals surface area contributed by atoms with Gasteiger partial charge in [0.2, 0.25) is 11.0 Å². The van der Waals surface area contributed by atoms with E-state index in [0.29, 0.717) is 24.1 Å². The Bertz CT molecular complexity index is 609. The van der Waals surface area contributed by atoms with Gasteiger partial charge in [-0.2, -0.15) is 0 Å². The summed E-state index contributed by atoms with van der Waals surface area (Å²) in [5.41, 5.74) is -0.536. The molecule has 1 N–H and O–H groups in total. The maximum absolute atomic E-state index is 12.5. The molecule has 1 unspecified atom stereocenters. The lowest BCUT2D eigenvalue weighted by atomic mass is 9.97. The third kappa shape index (κ3) is 6.26. The summed E-state index contributed by atoms with van der Waals surface area (Å²) in [7, 11) is 0. The van der Waals surface area contributed by atoms with Crippen LogP contribution in [0, 0.1) is 11.8 Å². The quantitative estimate of drug-likeness (QED) is 0.881. The fraction of sp³-hybridized carbons (Fsp3) is 0.765. The van der Waals surface area contributed by atoms with Gasteiger partial charge in [0.05, 0.1) is 5.92 Å². The van der Waals surface area contributed by atoms with E-state index < -0.39 is 5.60 Å². The van der Waals surface area contributed by atoms with Crippen LogP contribution in [0.2, 0.25) is 0 Å². The Balaban J connectivity index is 1.91. The average molecular weight is 369 g/mol. The van der Waals surface area contributed by atoms with Gasteiger partial charge < -0.3 is 15.0 Å².